The summed E-state index contributed by atoms with van der Waals surface area (Å²) < 4.78 is 10.1. The Balaban J connectivity index is 2.39. The number of unbranched alkanes of at least 4 members (excludes halogenated alkanes) is 4. The second kappa shape index (κ2) is 14.4. The number of carbonyl (C=O) groups is 3. The molecule has 5 heteroatoms. The van der Waals surface area contributed by atoms with Gasteiger partial charge in [-0.1, -0.05) is 32.3 Å². The van der Waals surface area contributed by atoms with E-state index in [0.29, 0.717) is 18.1 Å². The molecule has 1 fully saturated rings. The molecular formula is C23H38O5. The standard InChI is InChI=1S/C23H38O5/c1-4-5-8-11-20(28-18(2)24)16-14-19-15-17-22(25)21(19)12-9-6-7-10-13-23(26)27-3/h10,13,19-21H,4-9,11-12,14-17H2,1-3H3/t19-,20+,21+/m0/s1. The minimum Gasteiger partial charge on any atom is -0.466 e. The summed E-state index contributed by atoms with van der Waals surface area (Å²) in [6.45, 7) is 3.64. The molecule has 0 aromatic carbocycles. The Morgan fingerprint density at radius 2 is 1.93 bits per heavy atom. The van der Waals surface area contributed by atoms with E-state index in [0.717, 1.165) is 70.6 Å². The SMILES string of the molecule is CCCCC[C@H](CC[C@H]1CCC(=O)[C@@H]1CCCCC=CC(=O)OC)OC(C)=O. The van der Waals surface area contributed by atoms with Gasteiger partial charge in [-0.15, -0.1) is 0 Å². The molecule has 0 unspecified atom stereocenters. The van der Waals surface area contributed by atoms with Crippen LogP contribution < -0.4 is 0 Å². The van der Waals surface area contributed by atoms with E-state index in [9.17, 15) is 14.4 Å². The molecule has 0 aromatic heterocycles. The van der Waals surface area contributed by atoms with Crippen LogP contribution in [0.4, 0.5) is 0 Å². The van der Waals surface area contributed by atoms with Crippen LogP contribution in [0.25, 0.3) is 0 Å². The summed E-state index contributed by atoms with van der Waals surface area (Å²) in [6, 6.07) is 0. The Morgan fingerprint density at radius 3 is 2.61 bits per heavy atom. The van der Waals surface area contributed by atoms with Crippen LogP contribution in [0.5, 0.6) is 0 Å². The van der Waals surface area contributed by atoms with Gasteiger partial charge in [-0.3, -0.25) is 9.59 Å². The van der Waals surface area contributed by atoms with Gasteiger partial charge in [-0.25, -0.2) is 4.79 Å². The Kier molecular flexibility index (Phi) is 12.5. The molecule has 1 aliphatic rings. The van der Waals surface area contributed by atoms with Crippen molar-refractivity contribution in [3.05, 3.63) is 12.2 Å². The zero-order chi connectivity index (χ0) is 20.8. The van der Waals surface area contributed by atoms with Gasteiger partial charge in [0.15, 0.2) is 0 Å². The van der Waals surface area contributed by atoms with Crippen molar-refractivity contribution in [1.82, 2.24) is 0 Å². The molecule has 3 atom stereocenters. The van der Waals surface area contributed by atoms with Crippen LogP contribution in [-0.2, 0) is 23.9 Å². The normalized spacial score (nSPS) is 20.5. The molecular weight excluding hydrogens is 356 g/mol. The molecule has 1 saturated carbocycles. The number of hydrogen-bond donors (Lipinski definition) is 0. The van der Waals surface area contributed by atoms with E-state index in [1.165, 1.54) is 20.1 Å². The molecule has 0 N–H and O–H groups in total. The lowest BCUT2D eigenvalue weighted by Gasteiger charge is -2.22. The highest BCUT2D eigenvalue weighted by atomic mass is 16.5. The monoisotopic (exact) mass is 394 g/mol. The average Bonchev–Trinajstić information content (AvgIpc) is 3.01. The van der Waals surface area contributed by atoms with Crippen LogP contribution >= 0.6 is 0 Å². The van der Waals surface area contributed by atoms with E-state index in [-0.39, 0.29) is 24.0 Å². The summed E-state index contributed by atoms with van der Waals surface area (Å²) in [6.07, 6.45) is 14.8. The third kappa shape index (κ3) is 10.0. The number of rotatable bonds is 14. The fraction of sp³-hybridized carbons (Fsp3) is 0.783. The molecule has 0 amide bonds. The molecule has 1 aliphatic carbocycles. The first kappa shape index (κ1) is 24.4. The van der Waals surface area contributed by atoms with Gasteiger partial charge in [0.25, 0.3) is 0 Å². The van der Waals surface area contributed by atoms with E-state index in [2.05, 4.69) is 11.7 Å². The minimum absolute atomic E-state index is 0.0103. The number of allylic oxidation sites excluding steroid dienone is 1. The third-order valence-corrected chi connectivity index (χ3v) is 5.66. The van der Waals surface area contributed by atoms with Gasteiger partial charge in [-0.05, 0) is 57.3 Å². The molecule has 0 aliphatic heterocycles. The lowest BCUT2D eigenvalue weighted by atomic mass is 9.86. The largest absolute Gasteiger partial charge is 0.466 e. The zero-order valence-electron chi connectivity index (χ0n) is 17.9. The molecule has 0 aromatic rings. The number of ketones is 1. The first-order valence-corrected chi connectivity index (χ1v) is 10.9. The van der Waals surface area contributed by atoms with Crippen LogP contribution in [0.3, 0.4) is 0 Å². The van der Waals surface area contributed by atoms with Crippen LogP contribution in [0.2, 0.25) is 0 Å². The van der Waals surface area contributed by atoms with Crippen molar-refractivity contribution in [2.45, 2.75) is 97.0 Å². The Labute approximate surface area is 170 Å². The first-order valence-electron chi connectivity index (χ1n) is 10.9. The van der Waals surface area contributed by atoms with Gasteiger partial charge in [-0.2, -0.15) is 0 Å². The van der Waals surface area contributed by atoms with Crippen molar-refractivity contribution in [3.63, 3.8) is 0 Å². The second-order valence-corrected chi connectivity index (χ2v) is 7.89. The number of hydrogen-bond acceptors (Lipinski definition) is 5. The highest BCUT2D eigenvalue weighted by Crippen LogP contribution is 2.36. The first-order chi connectivity index (χ1) is 13.5. The summed E-state index contributed by atoms with van der Waals surface area (Å²) in [4.78, 5) is 34.7. The molecule has 0 saturated heterocycles. The average molecular weight is 395 g/mol. The molecule has 0 bridgehead atoms. The number of Topliss-reactive ketones (excluding diaryl/α,β-unsaturated/α-hetero) is 1. The summed E-state index contributed by atoms with van der Waals surface area (Å²) in [7, 11) is 1.37. The fourth-order valence-electron chi connectivity index (χ4n) is 4.11. The van der Waals surface area contributed by atoms with Crippen LogP contribution in [-0.4, -0.2) is 30.9 Å². The summed E-state index contributed by atoms with van der Waals surface area (Å²) >= 11 is 0. The third-order valence-electron chi connectivity index (χ3n) is 5.66. The maximum atomic E-state index is 12.3. The Bertz CT molecular complexity index is 511. The quantitative estimate of drug-likeness (QED) is 0.231. The van der Waals surface area contributed by atoms with Gasteiger partial charge >= 0.3 is 11.9 Å². The maximum absolute atomic E-state index is 12.3. The fourth-order valence-corrected chi connectivity index (χ4v) is 4.11. The molecule has 0 spiro atoms. The van der Waals surface area contributed by atoms with Gasteiger partial charge in [0.1, 0.15) is 11.9 Å². The van der Waals surface area contributed by atoms with Crippen molar-refractivity contribution in [3.8, 4) is 0 Å². The smallest absolute Gasteiger partial charge is 0.330 e. The van der Waals surface area contributed by atoms with E-state index >= 15 is 0 Å². The molecule has 0 radical (unpaired) electrons. The van der Waals surface area contributed by atoms with Gasteiger partial charge in [0, 0.05) is 25.3 Å². The molecule has 1 rings (SSSR count). The van der Waals surface area contributed by atoms with Crippen LogP contribution in [0, 0.1) is 11.8 Å². The highest BCUT2D eigenvalue weighted by Gasteiger charge is 2.34. The highest BCUT2D eigenvalue weighted by molar-refractivity contribution is 5.83. The van der Waals surface area contributed by atoms with Crippen molar-refractivity contribution in [1.29, 1.82) is 0 Å². The lowest BCUT2D eigenvalue weighted by molar-refractivity contribution is -0.147. The van der Waals surface area contributed by atoms with Gasteiger partial charge in [0.05, 0.1) is 7.11 Å². The molecule has 0 heterocycles. The van der Waals surface area contributed by atoms with E-state index in [1.807, 2.05) is 6.08 Å². The number of ether oxygens (including phenoxy) is 2. The molecule has 160 valence electrons. The predicted molar refractivity (Wildman–Crippen MR) is 110 cm³/mol. The van der Waals surface area contributed by atoms with Crippen LogP contribution in [0.15, 0.2) is 12.2 Å². The van der Waals surface area contributed by atoms with Gasteiger partial charge in [0.2, 0.25) is 0 Å². The summed E-state index contributed by atoms with van der Waals surface area (Å²) in [5, 5.41) is 0. The van der Waals surface area contributed by atoms with E-state index < -0.39 is 0 Å². The van der Waals surface area contributed by atoms with Crippen molar-refractivity contribution in [2.75, 3.05) is 7.11 Å². The predicted octanol–water partition coefficient (Wildman–Crippen LogP) is 5.16. The second-order valence-electron chi connectivity index (χ2n) is 7.89. The minimum atomic E-state index is -0.327. The topological polar surface area (TPSA) is 69.7 Å². The molecule has 5 nitrogen and oxygen atoms in total. The number of carbonyl (C=O) groups excluding carboxylic acids is 3. The number of esters is 2. The van der Waals surface area contributed by atoms with E-state index in [4.69, 9.17) is 4.74 Å². The van der Waals surface area contributed by atoms with Gasteiger partial charge < -0.3 is 9.47 Å². The van der Waals surface area contributed by atoms with Crippen molar-refractivity contribution in [2.24, 2.45) is 11.8 Å². The van der Waals surface area contributed by atoms with Crippen LogP contribution in [0.1, 0.15) is 90.9 Å². The zero-order valence-corrected chi connectivity index (χ0v) is 17.9. The van der Waals surface area contributed by atoms with Crippen molar-refractivity contribution >= 4 is 17.7 Å². The lowest BCUT2D eigenvalue weighted by Crippen LogP contribution is -2.20. The molecule has 28 heavy (non-hydrogen) atoms. The Hall–Kier alpha value is -1.65. The summed E-state index contributed by atoms with van der Waals surface area (Å²) in [5.74, 6) is 0.429. The number of methoxy groups -OCH3 is 1. The van der Waals surface area contributed by atoms with E-state index in [1.54, 1.807) is 0 Å². The van der Waals surface area contributed by atoms with Crippen molar-refractivity contribution < 1.29 is 23.9 Å². The Morgan fingerprint density at radius 1 is 1.14 bits per heavy atom. The summed E-state index contributed by atoms with van der Waals surface area (Å²) in [5.41, 5.74) is 0. The maximum Gasteiger partial charge on any atom is 0.330 e.